The van der Waals surface area contributed by atoms with Crippen LogP contribution in [-0.2, 0) is 0 Å². The van der Waals surface area contributed by atoms with Crippen LogP contribution >= 0.6 is 23.8 Å². The van der Waals surface area contributed by atoms with E-state index < -0.39 is 11.1 Å². The van der Waals surface area contributed by atoms with Crippen LogP contribution in [0.1, 0.15) is 10.4 Å². The fourth-order valence-corrected chi connectivity index (χ4v) is 1.16. The fourth-order valence-electron chi connectivity index (χ4n) is 0.896. The van der Waals surface area contributed by atoms with Crippen LogP contribution in [0.25, 0.3) is 0 Å². The molecule has 0 radical (unpaired) electrons. The van der Waals surface area contributed by atoms with Gasteiger partial charge >= 0.3 is 0 Å². The van der Waals surface area contributed by atoms with Gasteiger partial charge in [-0.3, -0.25) is 4.79 Å². The number of rotatable bonds is 2. The van der Waals surface area contributed by atoms with Gasteiger partial charge in [0.2, 0.25) is 0 Å². The van der Waals surface area contributed by atoms with Gasteiger partial charge < -0.3 is 11.1 Å². The van der Waals surface area contributed by atoms with Crippen LogP contribution < -0.4 is 11.1 Å². The number of hydrogen-bond donors (Lipinski definition) is 2. The Bertz CT molecular complexity index is 397. The van der Waals surface area contributed by atoms with E-state index in [9.17, 15) is 9.18 Å². The zero-order valence-electron chi connectivity index (χ0n) is 6.88. The predicted molar refractivity (Wildman–Crippen MR) is 57.0 cm³/mol. The van der Waals surface area contributed by atoms with Crippen LogP contribution in [0, 0.1) is 5.82 Å². The SMILES string of the molecule is NC(=S)Nc1ccc(F)c(C(=O)Cl)c1. The zero-order chi connectivity index (χ0) is 10.7. The summed E-state index contributed by atoms with van der Waals surface area (Å²) in [5.41, 5.74) is 5.40. The third-order valence-corrected chi connectivity index (χ3v) is 1.75. The first-order valence-electron chi connectivity index (χ1n) is 3.56. The minimum Gasteiger partial charge on any atom is -0.376 e. The molecule has 0 bridgehead atoms. The number of carbonyl (C=O) groups is 1. The topological polar surface area (TPSA) is 55.1 Å². The smallest absolute Gasteiger partial charge is 0.255 e. The Kier molecular flexibility index (Phi) is 3.38. The van der Waals surface area contributed by atoms with E-state index in [1.807, 2.05) is 0 Å². The Morgan fingerprint density at radius 2 is 2.21 bits per heavy atom. The highest BCUT2D eigenvalue weighted by Gasteiger charge is 2.09. The third kappa shape index (κ3) is 2.65. The van der Waals surface area contributed by atoms with Gasteiger partial charge in [0.05, 0.1) is 5.56 Å². The summed E-state index contributed by atoms with van der Waals surface area (Å²) in [6.45, 7) is 0. The average Bonchev–Trinajstić information content (AvgIpc) is 2.07. The molecule has 1 aromatic carbocycles. The van der Waals surface area contributed by atoms with E-state index in [-0.39, 0.29) is 10.7 Å². The van der Waals surface area contributed by atoms with E-state index in [2.05, 4.69) is 17.5 Å². The summed E-state index contributed by atoms with van der Waals surface area (Å²) in [5, 5.41) is 1.72. The molecule has 3 N–H and O–H groups in total. The molecule has 0 aromatic heterocycles. The molecule has 0 unspecified atom stereocenters. The normalized spacial score (nSPS) is 9.57. The van der Waals surface area contributed by atoms with Crippen molar-refractivity contribution >= 4 is 39.9 Å². The van der Waals surface area contributed by atoms with Crippen LogP contribution in [0.4, 0.5) is 10.1 Å². The van der Waals surface area contributed by atoms with E-state index in [4.69, 9.17) is 17.3 Å². The highest BCUT2D eigenvalue weighted by atomic mass is 35.5. The van der Waals surface area contributed by atoms with E-state index >= 15 is 0 Å². The molecule has 6 heteroatoms. The summed E-state index contributed by atoms with van der Waals surface area (Å²) in [7, 11) is 0. The van der Waals surface area contributed by atoms with Crippen LogP contribution in [0.3, 0.4) is 0 Å². The minimum atomic E-state index is -0.867. The lowest BCUT2D eigenvalue weighted by Crippen LogP contribution is -2.19. The Morgan fingerprint density at radius 1 is 1.57 bits per heavy atom. The number of nitrogens with two attached hydrogens (primary N) is 1. The first-order chi connectivity index (χ1) is 6.50. The number of halogens is 2. The molecule has 0 saturated carbocycles. The summed E-state index contributed by atoms with van der Waals surface area (Å²) >= 11 is 9.72. The lowest BCUT2D eigenvalue weighted by atomic mass is 10.2. The molecule has 74 valence electrons. The molecule has 0 spiro atoms. The second-order valence-corrected chi connectivity index (χ2v) is 3.24. The minimum absolute atomic E-state index is 0.0320. The van der Waals surface area contributed by atoms with Gasteiger partial charge in [0.25, 0.3) is 5.24 Å². The first kappa shape index (κ1) is 10.9. The zero-order valence-corrected chi connectivity index (χ0v) is 8.45. The molecule has 1 aromatic rings. The molecule has 0 amide bonds. The van der Waals surface area contributed by atoms with Gasteiger partial charge in [-0.2, -0.15) is 0 Å². The van der Waals surface area contributed by atoms with E-state index in [0.29, 0.717) is 5.69 Å². The summed E-state index contributed by atoms with van der Waals surface area (Å²) in [5.74, 6) is -0.682. The van der Waals surface area contributed by atoms with Crippen molar-refractivity contribution in [2.45, 2.75) is 0 Å². The summed E-state index contributed by atoms with van der Waals surface area (Å²) in [6, 6.07) is 3.75. The molecule has 0 aliphatic rings. The van der Waals surface area contributed by atoms with Crippen molar-refractivity contribution in [3.8, 4) is 0 Å². The number of thiocarbonyl (C=S) groups is 1. The molecule has 3 nitrogen and oxygen atoms in total. The number of anilines is 1. The molecule has 0 aliphatic carbocycles. The number of hydrogen-bond acceptors (Lipinski definition) is 2. The Balaban J connectivity index is 3.06. The van der Waals surface area contributed by atoms with Crippen LogP contribution in [0.5, 0.6) is 0 Å². The molecular formula is C8H6ClFN2OS. The second kappa shape index (κ2) is 4.34. The van der Waals surface area contributed by atoms with Crippen molar-refractivity contribution in [2.24, 2.45) is 5.73 Å². The maximum atomic E-state index is 13.0. The predicted octanol–water partition coefficient (Wildman–Crippen LogP) is 1.86. The Hall–Kier alpha value is -1.20. The molecule has 0 aliphatic heterocycles. The summed E-state index contributed by atoms with van der Waals surface area (Å²) in [6.07, 6.45) is 0. The van der Waals surface area contributed by atoms with Crippen molar-refractivity contribution in [2.75, 3.05) is 5.32 Å². The van der Waals surface area contributed by atoms with Crippen molar-refractivity contribution in [3.63, 3.8) is 0 Å². The highest BCUT2D eigenvalue weighted by molar-refractivity contribution is 7.80. The maximum absolute atomic E-state index is 13.0. The van der Waals surface area contributed by atoms with Crippen molar-refractivity contribution in [1.82, 2.24) is 0 Å². The molecule has 0 heterocycles. The quantitative estimate of drug-likeness (QED) is 0.604. The highest BCUT2D eigenvalue weighted by Crippen LogP contribution is 2.16. The van der Waals surface area contributed by atoms with Crippen molar-refractivity contribution in [3.05, 3.63) is 29.6 Å². The van der Waals surface area contributed by atoms with E-state index in [0.717, 1.165) is 6.07 Å². The van der Waals surface area contributed by atoms with Gasteiger partial charge in [-0.1, -0.05) is 0 Å². The van der Waals surface area contributed by atoms with E-state index in [1.165, 1.54) is 12.1 Å². The van der Waals surface area contributed by atoms with Crippen molar-refractivity contribution < 1.29 is 9.18 Å². The summed E-state index contributed by atoms with van der Waals surface area (Å²) < 4.78 is 13.0. The lowest BCUT2D eigenvalue weighted by molar-refractivity contribution is 0.107. The Morgan fingerprint density at radius 3 is 2.71 bits per heavy atom. The largest absolute Gasteiger partial charge is 0.376 e. The monoisotopic (exact) mass is 232 g/mol. The van der Waals surface area contributed by atoms with Gasteiger partial charge in [-0.15, -0.1) is 0 Å². The second-order valence-electron chi connectivity index (χ2n) is 2.46. The van der Waals surface area contributed by atoms with Crippen LogP contribution in [0.2, 0.25) is 0 Å². The Labute approximate surface area is 90.0 Å². The van der Waals surface area contributed by atoms with Gasteiger partial charge in [0.1, 0.15) is 5.82 Å². The maximum Gasteiger partial charge on any atom is 0.255 e. The molecule has 1 rings (SSSR count). The first-order valence-corrected chi connectivity index (χ1v) is 4.35. The number of carbonyl (C=O) groups excluding carboxylic acids is 1. The molecule has 0 saturated heterocycles. The lowest BCUT2D eigenvalue weighted by Gasteiger charge is -2.04. The summed E-state index contributed by atoms with van der Waals surface area (Å²) in [4.78, 5) is 10.7. The molecule has 0 fully saturated rings. The average molecular weight is 233 g/mol. The fraction of sp³-hybridized carbons (Fsp3) is 0. The van der Waals surface area contributed by atoms with Crippen molar-refractivity contribution in [1.29, 1.82) is 0 Å². The molecule has 0 atom stereocenters. The molecule has 14 heavy (non-hydrogen) atoms. The number of nitrogens with one attached hydrogen (secondary N) is 1. The standard InChI is InChI=1S/C8H6ClFN2OS/c9-7(13)5-3-4(12-8(11)14)1-2-6(5)10/h1-3H,(H3,11,12,14). The van der Waals surface area contributed by atoms with Gasteiger partial charge in [0, 0.05) is 5.69 Å². The van der Waals surface area contributed by atoms with Gasteiger partial charge in [0.15, 0.2) is 5.11 Å². The third-order valence-electron chi connectivity index (χ3n) is 1.45. The number of benzene rings is 1. The van der Waals surface area contributed by atoms with E-state index in [1.54, 1.807) is 0 Å². The van der Waals surface area contributed by atoms with Gasteiger partial charge in [-0.05, 0) is 42.0 Å². The van der Waals surface area contributed by atoms with Gasteiger partial charge in [-0.25, -0.2) is 4.39 Å². The van der Waals surface area contributed by atoms with Crippen LogP contribution in [0.15, 0.2) is 18.2 Å². The van der Waals surface area contributed by atoms with Crippen LogP contribution in [-0.4, -0.2) is 10.4 Å². The molecular weight excluding hydrogens is 227 g/mol.